The Kier molecular flexibility index (Phi) is 15.8. The lowest BCUT2D eigenvalue weighted by atomic mass is 10.0. The van der Waals surface area contributed by atoms with Gasteiger partial charge in [-0.1, -0.05) is 57.7 Å². The van der Waals surface area contributed by atoms with Crippen LogP contribution in [0.1, 0.15) is 52.9 Å². The van der Waals surface area contributed by atoms with Gasteiger partial charge in [0.25, 0.3) is 0 Å². The normalized spacial score (nSPS) is 12.5. The number of carbonyl (C=O) groups is 1. The summed E-state index contributed by atoms with van der Waals surface area (Å²) in [5.74, 6) is 0.256. The molecule has 0 heterocycles. The number of hydroxylamine groups is 1. The van der Waals surface area contributed by atoms with Gasteiger partial charge in [-0.2, -0.15) is 0 Å². The number of nitrogens with one attached hydrogen (secondary N) is 1. The van der Waals surface area contributed by atoms with Crippen LogP contribution in [0, 0.1) is 0 Å². The van der Waals surface area contributed by atoms with Crippen molar-refractivity contribution in [3.8, 4) is 0 Å². The lowest BCUT2D eigenvalue weighted by Crippen LogP contribution is -2.31. The van der Waals surface area contributed by atoms with Crippen molar-refractivity contribution in [1.29, 1.82) is 0 Å². The smallest absolute Gasteiger partial charge is 0.239 e. The minimum atomic E-state index is -0.0394. The summed E-state index contributed by atoms with van der Waals surface area (Å²) in [5.41, 5.74) is 5.86. The van der Waals surface area contributed by atoms with Gasteiger partial charge in [0, 0.05) is 24.9 Å². The van der Waals surface area contributed by atoms with E-state index in [1.165, 1.54) is 7.11 Å². The Hall–Kier alpha value is -2.48. The van der Waals surface area contributed by atoms with Crippen LogP contribution in [0.2, 0.25) is 0 Å². The third kappa shape index (κ3) is 12.1. The number of likely N-dealkylation sites (N-methyl/N-ethyl adjacent to an activating group) is 1. The summed E-state index contributed by atoms with van der Waals surface area (Å²) in [6.07, 6.45) is 9.19. The molecule has 0 saturated carbocycles. The third-order valence-corrected chi connectivity index (χ3v) is 4.17. The first-order valence-electron chi connectivity index (χ1n) is 10.5. The zero-order chi connectivity index (χ0) is 23.6. The van der Waals surface area contributed by atoms with Crippen LogP contribution in [0.5, 0.6) is 0 Å². The number of hydrogen-bond acceptors (Lipinski definition) is 7. The van der Waals surface area contributed by atoms with Crippen molar-refractivity contribution in [1.82, 2.24) is 10.4 Å². The standard InChI is InChI=1S/C24H39N3O4/c1-9-11-14-20(5)15-12-16-27(7)23(22(17-28)21(6)13-10-2)24(26-19(3)4)30-18-25-31-29-8/h11,14,17,25H,3,5-6,9-10,12-13,15-16,18H2,1-2,4,7-8H3/b14-11-,23-22-,26-24?. The summed E-state index contributed by atoms with van der Waals surface area (Å²) < 4.78 is 5.77. The third-order valence-electron chi connectivity index (χ3n) is 4.17. The predicted octanol–water partition coefficient (Wildman–Crippen LogP) is 5.02. The van der Waals surface area contributed by atoms with Crippen molar-refractivity contribution in [3.63, 3.8) is 0 Å². The minimum Gasteiger partial charge on any atom is -0.458 e. The molecular weight excluding hydrogens is 394 g/mol. The molecule has 0 rings (SSSR count). The van der Waals surface area contributed by atoms with E-state index in [1.807, 2.05) is 18.9 Å². The van der Waals surface area contributed by atoms with Crippen molar-refractivity contribution >= 4 is 12.2 Å². The molecule has 0 amide bonds. The van der Waals surface area contributed by atoms with Gasteiger partial charge in [-0.3, -0.25) is 4.79 Å². The fourth-order valence-corrected chi connectivity index (χ4v) is 2.76. The molecule has 0 aliphatic heterocycles. The van der Waals surface area contributed by atoms with Gasteiger partial charge in [-0.25, -0.2) is 9.88 Å². The van der Waals surface area contributed by atoms with E-state index in [1.54, 1.807) is 6.92 Å². The Morgan fingerprint density at radius 1 is 1.19 bits per heavy atom. The molecule has 0 bridgehead atoms. The topological polar surface area (TPSA) is 72.4 Å². The van der Waals surface area contributed by atoms with E-state index in [0.717, 1.165) is 43.1 Å². The molecule has 174 valence electrons. The average molecular weight is 434 g/mol. The Morgan fingerprint density at radius 2 is 1.90 bits per heavy atom. The maximum Gasteiger partial charge on any atom is 0.239 e. The number of aliphatic imine (C=N–C) groups is 1. The van der Waals surface area contributed by atoms with Crippen LogP contribution in [0.4, 0.5) is 0 Å². The number of allylic oxidation sites excluding steroid dienone is 6. The number of nitrogens with zero attached hydrogens (tertiary/aromatic N) is 2. The highest BCUT2D eigenvalue weighted by Crippen LogP contribution is 2.22. The molecule has 7 nitrogen and oxygen atoms in total. The minimum absolute atomic E-state index is 0.0394. The summed E-state index contributed by atoms with van der Waals surface area (Å²) >= 11 is 0. The number of carbonyl (C=O) groups excluding carboxylic acids is 1. The zero-order valence-electron chi connectivity index (χ0n) is 19.8. The van der Waals surface area contributed by atoms with E-state index < -0.39 is 0 Å². The predicted molar refractivity (Wildman–Crippen MR) is 127 cm³/mol. The molecule has 0 radical (unpaired) electrons. The summed E-state index contributed by atoms with van der Waals surface area (Å²) in [5, 5.41) is 0. The maximum absolute atomic E-state index is 12.1. The van der Waals surface area contributed by atoms with Crippen molar-refractivity contribution in [3.05, 3.63) is 60.0 Å². The summed E-state index contributed by atoms with van der Waals surface area (Å²) in [6.45, 7) is 18.6. The fraction of sp³-hybridized carbons (Fsp3) is 0.500. The van der Waals surface area contributed by atoms with Gasteiger partial charge >= 0.3 is 0 Å². The molecule has 0 aromatic rings. The molecule has 0 fully saturated rings. The van der Waals surface area contributed by atoms with Gasteiger partial charge in [0.1, 0.15) is 5.70 Å². The van der Waals surface area contributed by atoms with Gasteiger partial charge < -0.3 is 9.64 Å². The molecule has 31 heavy (non-hydrogen) atoms. The molecule has 0 saturated heterocycles. The largest absolute Gasteiger partial charge is 0.458 e. The molecule has 0 aliphatic carbocycles. The lowest BCUT2D eigenvalue weighted by molar-refractivity contribution is -0.324. The highest BCUT2D eigenvalue weighted by Gasteiger charge is 2.21. The number of rotatable bonds is 17. The highest BCUT2D eigenvalue weighted by atomic mass is 17.3. The quantitative estimate of drug-likeness (QED) is 0.0400. The van der Waals surface area contributed by atoms with Gasteiger partial charge in [0.05, 0.1) is 7.11 Å². The van der Waals surface area contributed by atoms with Crippen LogP contribution < -0.4 is 5.48 Å². The summed E-state index contributed by atoms with van der Waals surface area (Å²) in [7, 11) is 3.27. The van der Waals surface area contributed by atoms with Gasteiger partial charge in [0.2, 0.25) is 5.90 Å². The van der Waals surface area contributed by atoms with E-state index in [-0.39, 0.29) is 12.6 Å². The van der Waals surface area contributed by atoms with E-state index in [4.69, 9.17) is 4.74 Å². The van der Waals surface area contributed by atoms with Crippen LogP contribution in [0.25, 0.3) is 0 Å². The molecule has 0 atom stereocenters. The second-order valence-electron chi connectivity index (χ2n) is 7.06. The Balaban J connectivity index is 5.86. The second-order valence-corrected chi connectivity index (χ2v) is 7.06. The number of aldehydes is 1. The van der Waals surface area contributed by atoms with Gasteiger partial charge in [-0.15, -0.1) is 10.5 Å². The van der Waals surface area contributed by atoms with Gasteiger partial charge in [-0.05, 0) is 38.2 Å². The van der Waals surface area contributed by atoms with Crippen LogP contribution in [-0.2, 0) is 19.4 Å². The number of ether oxygens (including phenoxy) is 1. The Labute approximate surface area is 187 Å². The molecule has 1 N–H and O–H groups in total. The molecule has 0 unspecified atom stereocenters. The van der Waals surface area contributed by atoms with E-state index in [9.17, 15) is 4.79 Å². The maximum atomic E-state index is 12.1. The van der Waals surface area contributed by atoms with Crippen LogP contribution in [0.3, 0.4) is 0 Å². The average Bonchev–Trinajstić information content (AvgIpc) is 2.72. The first-order valence-corrected chi connectivity index (χ1v) is 10.5. The van der Waals surface area contributed by atoms with E-state index >= 15 is 0 Å². The summed E-state index contributed by atoms with van der Waals surface area (Å²) in [6, 6.07) is 0. The fourth-order valence-electron chi connectivity index (χ4n) is 2.76. The highest BCUT2D eigenvalue weighted by molar-refractivity contribution is 6.01. The van der Waals surface area contributed by atoms with Gasteiger partial charge in [0.15, 0.2) is 13.0 Å². The molecule has 7 heteroatoms. The van der Waals surface area contributed by atoms with Crippen molar-refractivity contribution in [2.24, 2.45) is 4.99 Å². The lowest BCUT2D eigenvalue weighted by Gasteiger charge is -2.26. The molecular formula is C24H39N3O4. The van der Waals surface area contributed by atoms with Crippen molar-refractivity contribution < 1.29 is 19.4 Å². The van der Waals surface area contributed by atoms with Crippen LogP contribution >= 0.6 is 0 Å². The van der Waals surface area contributed by atoms with E-state index in [0.29, 0.717) is 29.9 Å². The monoisotopic (exact) mass is 433 g/mol. The summed E-state index contributed by atoms with van der Waals surface area (Å²) in [4.78, 5) is 27.6. The Bertz CT molecular complexity index is 693. The second kappa shape index (κ2) is 17.2. The molecule has 0 aromatic heterocycles. The zero-order valence-corrected chi connectivity index (χ0v) is 19.8. The van der Waals surface area contributed by atoms with Crippen molar-refractivity contribution in [2.75, 3.05) is 27.4 Å². The SMILES string of the molecule is C=C(/C=C\CC)CCCN(C)/C(C(=NC(=C)C)OCNOOC)=C(/C=O)C(=C)CCC. The first kappa shape index (κ1) is 28.5. The number of hydrogen-bond donors (Lipinski definition) is 1. The molecule has 0 aliphatic rings. The van der Waals surface area contributed by atoms with Crippen molar-refractivity contribution in [2.45, 2.75) is 52.9 Å². The van der Waals surface area contributed by atoms with Crippen LogP contribution in [0.15, 0.2) is 65.0 Å². The van der Waals surface area contributed by atoms with Crippen LogP contribution in [-0.4, -0.2) is 44.5 Å². The van der Waals surface area contributed by atoms with E-state index in [2.05, 4.69) is 59.2 Å². The Morgan fingerprint density at radius 3 is 2.45 bits per heavy atom. The first-order chi connectivity index (χ1) is 14.8. The molecule has 0 aromatic carbocycles. The molecule has 0 spiro atoms.